The maximum Gasteiger partial charge on any atom is 0.187 e. The van der Waals surface area contributed by atoms with E-state index in [4.69, 9.17) is 125 Å². The van der Waals surface area contributed by atoms with Crippen LogP contribution in [0.15, 0.2) is 0 Å². The molecule has 6 aliphatic heterocycles. The molecule has 6 saturated heterocycles. The first-order chi connectivity index (χ1) is 46.2. The average molecular weight is 1450 g/mol. The summed E-state index contributed by atoms with van der Waals surface area (Å²) in [6.07, 6.45) is -32.6. The predicted molar refractivity (Wildman–Crippen MR) is 355 cm³/mol. The molecule has 2 saturated carbocycles. The van der Waals surface area contributed by atoms with Crippen LogP contribution in [0.5, 0.6) is 0 Å². The summed E-state index contributed by atoms with van der Waals surface area (Å²) < 4.78 is 81.6. The van der Waals surface area contributed by atoms with Crippen LogP contribution >= 0.6 is 0 Å². The van der Waals surface area contributed by atoms with Crippen molar-refractivity contribution in [2.24, 2.45) is 79.8 Å². The normalized spacial score (nSPS) is 48.0. The SMILES string of the molecule is CC(C)(C)C[C@H]1OC(O[C@@H]2C(C(C)(C)C)[C@H](N)CC(N)[C@H]2O[C@@H]2OC(CN)[C@@H](O)[C@H](O)C2N)[C@@H](O)[C@H]1OC(C)(C)[C@H]1O[C@@H](CN)[C@@H](O)C(O)C1N.CC(C)(C)O[C@@H]1C(O[C@@H]2C(O)[C@H](N)CC(N)[C@H]2OC(C)(C)[C@@H]2OC(CO)[C@@H](O)[C@H](O)C2N)O[C@H](CO)[C@@H]1O[C@H]1O[C@@H](CN)[C@@H](O)C(O)C1N. The van der Waals surface area contributed by atoms with Crippen molar-refractivity contribution in [3.8, 4) is 0 Å². The minimum atomic E-state index is -1.44. The van der Waals surface area contributed by atoms with Crippen molar-refractivity contribution in [2.75, 3.05) is 32.8 Å². The molecule has 8 aliphatic rings. The minimum Gasteiger partial charge on any atom is -0.394 e. The molecular formula is C64H127N11O25. The van der Waals surface area contributed by atoms with Crippen molar-refractivity contribution in [2.45, 2.75) is 352 Å². The molecule has 38 atom stereocenters. The lowest BCUT2D eigenvalue weighted by molar-refractivity contribution is -0.306. The summed E-state index contributed by atoms with van der Waals surface area (Å²) in [6.45, 7) is 22.8. The van der Waals surface area contributed by atoms with Crippen LogP contribution in [-0.2, 0) is 61.6 Å². The standard InChI is InChI=1S/C34H68N6O11.C30H59N5O14/c1-32(2,3)10-15-27(51-34(7,8)29-19(39)23(43)21(41)16(11-35)46-29)25(45)31(47-15)50-28-18(33(4,5)6)13(37)9-14(38)26(28)49-30-20(40)24(44)22(42)17(12-36)48-30;1-29(2,3)48-25-23(46-27-16(35)21(42)18(39)12(7-31)44-27)14(9-37)45-28(25)47-24-17(38)10(32)6-11(33)22(24)49-30(4,5)26-15(34)20(41)19(40)13(8-36)43-26/h13-31,41-45H,9-12,35-40H2,1-8H3;10-28,36-42H,6-9,31-35H2,1-5H3/t13-,14?,15-,16+,17?,18?,19?,20?,21-,22-,23?,24-,25+,26-,27+,28-,29+,30+,31?;10-,11?,12+,13?,14-,15?,16?,17?,18-,19-,20-,21?,22-,23+,24-,25+,26-,27-,28?/m11/s1. The zero-order valence-electron chi connectivity index (χ0n) is 60.1. The molecule has 0 bridgehead atoms. The quantitative estimate of drug-likeness (QED) is 0.0507. The van der Waals surface area contributed by atoms with Gasteiger partial charge in [0.25, 0.3) is 0 Å². The second-order valence-electron chi connectivity index (χ2n) is 32.9. The Morgan fingerprint density at radius 3 is 1.16 bits per heavy atom. The van der Waals surface area contributed by atoms with Gasteiger partial charge in [-0.05, 0) is 78.6 Å². The van der Waals surface area contributed by atoms with E-state index in [9.17, 15) is 61.3 Å². The minimum absolute atomic E-state index is 0.0533. The summed E-state index contributed by atoms with van der Waals surface area (Å²) in [5, 5.41) is 128. The summed E-state index contributed by atoms with van der Waals surface area (Å²) in [7, 11) is 0. The van der Waals surface area contributed by atoms with Crippen LogP contribution in [0.3, 0.4) is 0 Å². The van der Waals surface area contributed by atoms with E-state index < -0.39 is 262 Å². The van der Waals surface area contributed by atoms with Crippen molar-refractivity contribution in [3.05, 3.63) is 0 Å². The van der Waals surface area contributed by atoms with Crippen molar-refractivity contribution in [1.82, 2.24) is 0 Å². The largest absolute Gasteiger partial charge is 0.394 e. The fourth-order valence-electron chi connectivity index (χ4n) is 15.3. The summed E-state index contributed by atoms with van der Waals surface area (Å²) in [5.74, 6) is -0.369. The molecule has 8 rings (SSSR count). The van der Waals surface area contributed by atoms with Gasteiger partial charge in [0.1, 0.15) is 128 Å². The molecule has 34 N–H and O–H groups in total. The van der Waals surface area contributed by atoms with Gasteiger partial charge >= 0.3 is 0 Å². The van der Waals surface area contributed by atoms with E-state index in [0.29, 0.717) is 12.8 Å². The molecule has 36 nitrogen and oxygen atoms in total. The van der Waals surface area contributed by atoms with Gasteiger partial charge in [-0.25, -0.2) is 0 Å². The highest BCUT2D eigenvalue weighted by Crippen LogP contribution is 2.46. The van der Waals surface area contributed by atoms with Crippen LogP contribution in [0.4, 0.5) is 0 Å². The second kappa shape index (κ2) is 34.0. The first-order valence-electron chi connectivity index (χ1n) is 34.9. The highest BCUT2D eigenvalue weighted by atomic mass is 16.8. The van der Waals surface area contributed by atoms with Gasteiger partial charge in [0.15, 0.2) is 25.2 Å². The summed E-state index contributed by atoms with van der Waals surface area (Å²) in [6, 6.07) is -7.22. The van der Waals surface area contributed by atoms with Gasteiger partial charge in [-0.3, -0.25) is 0 Å². The molecule has 8 fully saturated rings. The monoisotopic (exact) mass is 1450 g/mol. The lowest BCUT2D eigenvalue weighted by Crippen LogP contribution is -2.70. The first-order valence-corrected chi connectivity index (χ1v) is 34.9. The molecule has 0 amide bonds. The third kappa shape index (κ3) is 19.2. The van der Waals surface area contributed by atoms with E-state index in [0.717, 1.165) is 0 Å². The van der Waals surface area contributed by atoms with Gasteiger partial charge in [0.2, 0.25) is 0 Å². The zero-order valence-corrected chi connectivity index (χ0v) is 60.1. The number of ether oxygens (including phenoxy) is 13. The summed E-state index contributed by atoms with van der Waals surface area (Å²) >= 11 is 0. The number of hydrogen-bond acceptors (Lipinski definition) is 36. The molecule has 0 aromatic heterocycles. The van der Waals surface area contributed by atoms with Crippen molar-refractivity contribution < 1.29 is 123 Å². The number of hydrogen-bond donors (Lipinski definition) is 23. The molecule has 14 unspecified atom stereocenters. The molecule has 0 aromatic rings. The van der Waals surface area contributed by atoms with Crippen LogP contribution in [0.25, 0.3) is 0 Å². The van der Waals surface area contributed by atoms with Crippen molar-refractivity contribution in [1.29, 1.82) is 0 Å². The maximum absolute atomic E-state index is 12.0. The van der Waals surface area contributed by atoms with Gasteiger partial charge in [0.05, 0.1) is 78.6 Å². The highest BCUT2D eigenvalue weighted by molar-refractivity contribution is 5.09. The molecule has 588 valence electrons. The third-order valence-electron chi connectivity index (χ3n) is 20.6. The van der Waals surface area contributed by atoms with Gasteiger partial charge in [-0.15, -0.1) is 0 Å². The van der Waals surface area contributed by atoms with Crippen LogP contribution in [0.1, 0.15) is 109 Å². The number of nitrogens with two attached hydrogens (primary N) is 11. The Kier molecular flexibility index (Phi) is 29.2. The zero-order chi connectivity index (χ0) is 75.3. The molecule has 0 radical (unpaired) electrons. The van der Waals surface area contributed by atoms with Crippen LogP contribution in [0.2, 0.25) is 0 Å². The lowest BCUT2D eigenvalue weighted by atomic mass is 9.66. The number of aliphatic hydroxyl groups is 12. The van der Waals surface area contributed by atoms with E-state index in [1.807, 2.05) is 41.5 Å². The lowest BCUT2D eigenvalue weighted by Gasteiger charge is -2.51. The Hall–Kier alpha value is -1.44. The fraction of sp³-hybridized carbons (Fsp3) is 1.00. The molecule has 0 aromatic carbocycles. The predicted octanol–water partition coefficient (Wildman–Crippen LogP) is -9.55. The molecule has 100 heavy (non-hydrogen) atoms. The molecular weight excluding hydrogens is 1320 g/mol. The van der Waals surface area contributed by atoms with Crippen LogP contribution in [-0.4, -0.2) is 337 Å². The molecule has 36 heteroatoms. The number of rotatable bonds is 21. The summed E-state index contributed by atoms with van der Waals surface area (Å²) in [5.41, 5.74) is 64.7. The van der Waals surface area contributed by atoms with Gasteiger partial charge in [-0.1, -0.05) is 41.5 Å². The second-order valence-corrected chi connectivity index (χ2v) is 32.9. The molecule has 6 heterocycles. The van der Waals surface area contributed by atoms with E-state index in [1.165, 1.54) is 0 Å². The van der Waals surface area contributed by atoms with E-state index in [1.54, 1.807) is 48.5 Å². The Balaban J connectivity index is 0.000000281. The Labute approximate surface area is 585 Å². The molecule has 0 spiro atoms. The van der Waals surface area contributed by atoms with Gasteiger partial charge in [0, 0.05) is 49.7 Å². The van der Waals surface area contributed by atoms with E-state index in [2.05, 4.69) is 0 Å². The van der Waals surface area contributed by atoms with Crippen molar-refractivity contribution in [3.63, 3.8) is 0 Å². The third-order valence-corrected chi connectivity index (χ3v) is 20.6. The van der Waals surface area contributed by atoms with E-state index >= 15 is 0 Å². The maximum atomic E-state index is 12.0. The van der Waals surface area contributed by atoms with Crippen LogP contribution < -0.4 is 63.1 Å². The Morgan fingerprint density at radius 1 is 0.330 bits per heavy atom. The Morgan fingerprint density at radius 2 is 0.710 bits per heavy atom. The van der Waals surface area contributed by atoms with Gasteiger partial charge < -0.3 is 186 Å². The summed E-state index contributed by atoms with van der Waals surface area (Å²) in [4.78, 5) is 0. The van der Waals surface area contributed by atoms with Gasteiger partial charge in [-0.2, -0.15) is 0 Å². The van der Waals surface area contributed by atoms with E-state index in [-0.39, 0.29) is 37.4 Å². The number of aliphatic hydroxyl groups excluding tert-OH is 12. The molecule has 2 aliphatic carbocycles. The fourth-order valence-corrected chi connectivity index (χ4v) is 15.3. The smallest absolute Gasteiger partial charge is 0.187 e. The Bertz CT molecular complexity index is 2510. The first kappa shape index (κ1) is 85.8. The van der Waals surface area contributed by atoms with Crippen molar-refractivity contribution >= 4 is 0 Å². The average Bonchev–Trinajstić information content (AvgIpc) is 1.34. The highest BCUT2D eigenvalue weighted by Gasteiger charge is 2.61. The van der Waals surface area contributed by atoms with Crippen LogP contribution in [0, 0.1) is 16.7 Å². The topological polar surface area (TPSA) is 649 Å².